The Hall–Kier alpha value is -4.21. The molecule has 228 valence electrons. The van der Waals surface area contributed by atoms with Crippen LogP contribution in [-0.2, 0) is 25.5 Å². The Balaban J connectivity index is 1.47. The van der Waals surface area contributed by atoms with E-state index >= 15 is 0 Å². The van der Waals surface area contributed by atoms with Gasteiger partial charge in [0.15, 0.2) is 0 Å². The largest absolute Gasteiger partial charge is 0.453 e. The van der Waals surface area contributed by atoms with Crippen molar-refractivity contribution < 1.29 is 23.9 Å². The molecule has 0 aromatic heterocycles. The number of aryl methyl sites for hydroxylation is 1. The number of rotatable bonds is 10. The van der Waals surface area contributed by atoms with Crippen LogP contribution < -0.4 is 21.3 Å². The zero-order valence-electron chi connectivity index (χ0n) is 25.3. The standard InChI is InChI=1S/C34H42N4O5/c1-34(2,3)38-31(39)28-22-43-26(21-35-28)20-19-23-13-11-12-18-27(23)36-32(40)30(37-33(41)42-4)29(24-14-7-5-8-15-24)25-16-9-6-10-17-25/h5-18,26,28-30,35H,19-22H2,1-4H3,(H,36,40)(H,37,41)(H,38,39)/t26-,28+,30+/m1/s1. The lowest BCUT2D eigenvalue weighted by Gasteiger charge is -2.32. The van der Waals surface area contributed by atoms with Gasteiger partial charge in [-0.1, -0.05) is 78.9 Å². The first-order chi connectivity index (χ1) is 20.6. The minimum absolute atomic E-state index is 0.0709. The van der Waals surface area contributed by atoms with E-state index in [9.17, 15) is 14.4 Å². The molecule has 43 heavy (non-hydrogen) atoms. The topological polar surface area (TPSA) is 118 Å². The number of carbonyl (C=O) groups is 3. The number of carbonyl (C=O) groups excluding carboxylic acids is 3. The normalized spacial score (nSPS) is 17.5. The van der Waals surface area contributed by atoms with E-state index in [1.807, 2.05) is 106 Å². The number of morpholine rings is 1. The van der Waals surface area contributed by atoms with Gasteiger partial charge < -0.3 is 30.7 Å². The van der Waals surface area contributed by atoms with Crippen LogP contribution >= 0.6 is 0 Å². The number of amides is 3. The number of benzene rings is 3. The highest BCUT2D eigenvalue weighted by Crippen LogP contribution is 2.30. The van der Waals surface area contributed by atoms with Crippen molar-refractivity contribution in [1.29, 1.82) is 0 Å². The maximum atomic E-state index is 14.0. The molecule has 0 aliphatic carbocycles. The molecule has 0 radical (unpaired) electrons. The Morgan fingerprint density at radius 3 is 2.09 bits per heavy atom. The summed E-state index contributed by atoms with van der Waals surface area (Å²) in [5, 5.41) is 12.1. The maximum absolute atomic E-state index is 14.0. The lowest BCUT2D eigenvalue weighted by atomic mass is 9.84. The second-order valence-electron chi connectivity index (χ2n) is 11.8. The number of alkyl carbamates (subject to hydrolysis) is 1. The van der Waals surface area contributed by atoms with E-state index in [-0.39, 0.29) is 29.5 Å². The minimum Gasteiger partial charge on any atom is -0.453 e. The molecule has 1 fully saturated rings. The molecule has 1 heterocycles. The first-order valence-electron chi connectivity index (χ1n) is 14.6. The molecular weight excluding hydrogens is 544 g/mol. The summed E-state index contributed by atoms with van der Waals surface area (Å²) in [6.07, 6.45) is 0.587. The predicted molar refractivity (Wildman–Crippen MR) is 167 cm³/mol. The van der Waals surface area contributed by atoms with Gasteiger partial charge in [0.2, 0.25) is 11.8 Å². The smallest absolute Gasteiger partial charge is 0.407 e. The van der Waals surface area contributed by atoms with Crippen LogP contribution in [0.4, 0.5) is 10.5 Å². The van der Waals surface area contributed by atoms with Gasteiger partial charge in [0.05, 0.1) is 19.8 Å². The van der Waals surface area contributed by atoms with Gasteiger partial charge in [-0.25, -0.2) is 4.79 Å². The van der Waals surface area contributed by atoms with Gasteiger partial charge in [-0.3, -0.25) is 9.59 Å². The van der Waals surface area contributed by atoms with Crippen molar-refractivity contribution >= 4 is 23.6 Å². The van der Waals surface area contributed by atoms with Crippen LogP contribution in [0.25, 0.3) is 0 Å². The molecule has 3 aromatic carbocycles. The van der Waals surface area contributed by atoms with E-state index < -0.39 is 18.1 Å². The Kier molecular flexibility index (Phi) is 10.9. The molecule has 3 amide bonds. The van der Waals surface area contributed by atoms with Gasteiger partial charge in [-0.2, -0.15) is 0 Å². The average Bonchev–Trinajstić information content (AvgIpc) is 3.00. The van der Waals surface area contributed by atoms with Crippen molar-refractivity contribution in [3.05, 3.63) is 102 Å². The first-order valence-corrected chi connectivity index (χ1v) is 14.6. The third-order valence-corrected chi connectivity index (χ3v) is 7.31. The molecule has 0 unspecified atom stereocenters. The molecule has 3 atom stereocenters. The second-order valence-corrected chi connectivity index (χ2v) is 11.8. The van der Waals surface area contributed by atoms with Crippen molar-refractivity contribution in [3.63, 3.8) is 0 Å². The van der Waals surface area contributed by atoms with Gasteiger partial charge in [0, 0.05) is 23.7 Å². The molecule has 0 saturated carbocycles. The van der Waals surface area contributed by atoms with Crippen LogP contribution in [0.15, 0.2) is 84.9 Å². The summed E-state index contributed by atoms with van der Waals surface area (Å²) in [6, 6.07) is 25.5. The second kappa shape index (κ2) is 14.8. The Bertz CT molecular complexity index is 1310. The molecule has 9 nitrogen and oxygen atoms in total. The zero-order valence-corrected chi connectivity index (χ0v) is 25.3. The van der Waals surface area contributed by atoms with Crippen molar-refractivity contribution in [2.45, 2.75) is 63.3 Å². The van der Waals surface area contributed by atoms with E-state index in [1.54, 1.807) is 0 Å². The average molecular weight is 587 g/mol. The van der Waals surface area contributed by atoms with Gasteiger partial charge in [-0.05, 0) is 56.4 Å². The van der Waals surface area contributed by atoms with Crippen LogP contribution in [0.3, 0.4) is 0 Å². The summed E-state index contributed by atoms with van der Waals surface area (Å²) in [6.45, 7) is 6.70. The third kappa shape index (κ3) is 9.14. The fourth-order valence-corrected chi connectivity index (χ4v) is 5.21. The third-order valence-electron chi connectivity index (χ3n) is 7.31. The highest BCUT2D eigenvalue weighted by Gasteiger charge is 2.33. The SMILES string of the molecule is COC(=O)N[C@H](C(=O)Nc1ccccc1CC[C@@H]1CN[C@H](C(=O)NC(C)(C)C)CO1)C(c1ccccc1)c1ccccc1. The van der Waals surface area contributed by atoms with Crippen molar-refractivity contribution in [3.8, 4) is 0 Å². The molecule has 1 aliphatic rings. The number of hydrogen-bond donors (Lipinski definition) is 4. The molecule has 4 N–H and O–H groups in total. The van der Waals surface area contributed by atoms with Crippen LogP contribution in [-0.4, -0.2) is 61.9 Å². The summed E-state index contributed by atoms with van der Waals surface area (Å²) >= 11 is 0. The monoisotopic (exact) mass is 586 g/mol. The Morgan fingerprint density at radius 2 is 1.53 bits per heavy atom. The van der Waals surface area contributed by atoms with Gasteiger partial charge in [-0.15, -0.1) is 0 Å². The molecule has 0 bridgehead atoms. The van der Waals surface area contributed by atoms with E-state index in [2.05, 4.69) is 21.3 Å². The predicted octanol–water partition coefficient (Wildman–Crippen LogP) is 4.39. The summed E-state index contributed by atoms with van der Waals surface area (Å²) < 4.78 is 10.9. The molecule has 3 aromatic rings. The molecule has 4 rings (SSSR count). The fourth-order valence-electron chi connectivity index (χ4n) is 5.21. The minimum atomic E-state index is -0.952. The number of anilines is 1. The summed E-state index contributed by atoms with van der Waals surface area (Å²) in [5.41, 5.74) is 3.07. The van der Waals surface area contributed by atoms with Crippen molar-refractivity contribution in [1.82, 2.24) is 16.0 Å². The molecule has 1 saturated heterocycles. The lowest BCUT2D eigenvalue weighted by Crippen LogP contribution is -2.57. The lowest BCUT2D eigenvalue weighted by molar-refractivity contribution is -0.129. The van der Waals surface area contributed by atoms with Crippen LogP contribution in [0.5, 0.6) is 0 Å². The number of para-hydroxylation sites is 1. The van der Waals surface area contributed by atoms with E-state index in [0.29, 0.717) is 31.7 Å². The summed E-state index contributed by atoms with van der Waals surface area (Å²) in [7, 11) is 1.28. The molecule has 9 heteroatoms. The fraction of sp³-hybridized carbons (Fsp3) is 0.382. The van der Waals surface area contributed by atoms with Crippen LogP contribution in [0, 0.1) is 0 Å². The number of ether oxygens (including phenoxy) is 2. The molecule has 0 spiro atoms. The maximum Gasteiger partial charge on any atom is 0.407 e. The van der Waals surface area contributed by atoms with Crippen molar-refractivity contribution in [2.24, 2.45) is 0 Å². The highest BCUT2D eigenvalue weighted by atomic mass is 16.5. The zero-order chi connectivity index (χ0) is 30.8. The quantitative estimate of drug-likeness (QED) is 0.280. The van der Waals surface area contributed by atoms with E-state index in [1.165, 1.54) is 7.11 Å². The van der Waals surface area contributed by atoms with E-state index in [0.717, 1.165) is 16.7 Å². The Labute approximate surface area is 253 Å². The number of hydrogen-bond acceptors (Lipinski definition) is 6. The van der Waals surface area contributed by atoms with Gasteiger partial charge in [0.1, 0.15) is 12.1 Å². The molecular formula is C34H42N4O5. The van der Waals surface area contributed by atoms with Crippen molar-refractivity contribution in [2.75, 3.05) is 25.6 Å². The van der Waals surface area contributed by atoms with E-state index in [4.69, 9.17) is 9.47 Å². The number of methoxy groups -OCH3 is 1. The van der Waals surface area contributed by atoms with Crippen LogP contribution in [0.2, 0.25) is 0 Å². The summed E-state index contributed by atoms with van der Waals surface area (Å²) in [4.78, 5) is 38.9. The summed E-state index contributed by atoms with van der Waals surface area (Å²) in [5.74, 6) is -0.893. The number of nitrogens with one attached hydrogen (secondary N) is 4. The first kappa shape index (κ1) is 31.7. The van der Waals surface area contributed by atoms with Gasteiger partial charge >= 0.3 is 6.09 Å². The van der Waals surface area contributed by atoms with Gasteiger partial charge in [0.25, 0.3) is 0 Å². The Morgan fingerprint density at radius 1 is 0.930 bits per heavy atom. The molecule has 1 aliphatic heterocycles. The van der Waals surface area contributed by atoms with Crippen LogP contribution in [0.1, 0.15) is 49.8 Å². The highest BCUT2D eigenvalue weighted by molar-refractivity contribution is 5.98.